The molecule has 1 heterocycles. The summed E-state index contributed by atoms with van der Waals surface area (Å²) in [6.45, 7) is 0. The van der Waals surface area contributed by atoms with Crippen molar-refractivity contribution in [2.24, 2.45) is 0 Å². The van der Waals surface area contributed by atoms with E-state index >= 15 is 0 Å². The Labute approximate surface area is 126 Å². The van der Waals surface area contributed by atoms with Crippen molar-refractivity contribution in [1.82, 2.24) is 0 Å². The number of carbonyl (C=O) groups is 1. The van der Waals surface area contributed by atoms with Gasteiger partial charge in [0.2, 0.25) is 5.91 Å². The van der Waals surface area contributed by atoms with E-state index in [1.807, 2.05) is 42.7 Å². The van der Waals surface area contributed by atoms with Crippen LogP contribution >= 0.6 is 11.8 Å². The minimum Gasteiger partial charge on any atom is -0.495 e. The van der Waals surface area contributed by atoms with Gasteiger partial charge in [-0.05, 0) is 18.4 Å². The summed E-state index contributed by atoms with van der Waals surface area (Å²) < 4.78 is 11.2. The third kappa shape index (κ3) is 2.56. The van der Waals surface area contributed by atoms with E-state index in [1.54, 1.807) is 7.11 Å². The number of para-hydroxylation sites is 1. The SMILES string of the molecule is COc1cc2c(cc1NC(=O)CSC)oc1ccccc12. The van der Waals surface area contributed by atoms with Gasteiger partial charge in [0.25, 0.3) is 0 Å². The second-order valence-electron chi connectivity index (χ2n) is 4.63. The van der Waals surface area contributed by atoms with Crippen LogP contribution in [0.2, 0.25) is 0 Å². The first-order valence-corrected chi connectivity index (χ1v) is 7.90. The first kappa shape index (κ1) is 13.8. The average molecular weight is 301 g/mol. The van der Waals surface area contributed by atoms with E-state index in [2.05, 4.69) is 5.32 Å². The van der Waals surface area contributed by atoms with E-state index < -0.39 is 0 Å². The quantitative estimate of drug-likeness (QED) is 0.794. The summed E-state index contributed by atoms with van der Waals surface area (Å²) in [5.74, 6) is 0.973. The van der Waals surface area contributed by atoms with Crippen molar-refractivity contribution >= 4 is 45.3 Å². The number of methoxy groups -OCH3 is 1. The van der Waals surface area contributed by atoms with Crippen LogP contribution in [0.3, 0.4) is 0 Å². The van der Waals surface area contributed by atoms with Gasteiger partial charge in [-0.25, -0.2) is 0 Å². The molecule has 1 amide bonds. The average Bonchev–Trinajstić information content (AvgIpc) is 2.84. The molecule has 1 N–H and O–H groups in total. The molecule has 21 heavy (non-hydrogen) atoms. The number of thioether (sulfide) groups is 1. The molecule has 0 saturated carbocycles. The molecule has 3 aromatic rings. The Morgan fingerprint density at radius 3 is 2.81 bits per heavy atom. The minimum absolute atomic E-state index is 0.0590. The summed E-state index contributed by atoms with van der Waals surface area (Å²) in [6.07, 6.45) is 1.89. The van der Waals surface area contributed by atoms with Crippen LogP contribution in [0.4, 0.5) is 5.69 Å². The van der Waals surface area contributed by atoms with Gasteiger partial charge in [0.15, 0.2) is 0 Å². The number of amides is 1. The lowest BCUT2D eigenvalue weighted by Gasteiger charge is -2.09. The molecule has 3 rings (SSSR count). The zero-order valence-electron chi connectivity index (χ0n) is 11.8. The van der Waals surface area contributed by atoms with Gasteiger partial charge in [-0.1, -0.05) is 18.2 Å². The molecule has 0 aliphatic rings. The number of anilines is 1. The van der Waals surface area contributed by atoms with Gasteiger partial charge in [-0.2, -0.15) is 11.8 Å². The fourth-order valence-electron chi connectivity index (χ4n) is 2.34. The van der Waals surface area contributed by atoms with Gasteiger partial charge in [0.1, 0.15) is 16.9 Å². The highest BCUT2D eigenvalue weighted by Crippen LogP contribution is 2.36. The molecule has 1 aromatic heterocycles. The number of hydrogen-bond donors (Lipinski definition) is 1. The fraction of sp³-hybridized carbons (Fsp3) is 0.188. The Bertz CT molecular complexity index is 810. The second-order valence-corrected chi connectivity index (χ2v) is 5.49. The topological polar surface area (TPSA) is 51.5 Å². The Hall–Kier alpha value is -2.14. The van der Waals surface area contributed by atoms with Crippen molar-refractivity contribution < 1.29 is 13.9 Å². The Morgan fingerprint density at radius 2 is 2.05 bits per heavy atom. The number of ether oxygens (including phenoxy) is 1. The first-order chi connectivity index (χ1) is 10.2. The van der Waals surface area contributed by atoms with Crippen LogP contribution in [-0.4, -0.2) is 25.0 Å². The van der Waals surface area contributed by atoms with Crippen LogP contribution in [0.1, 0.15) is 0 Å². The molecule has 0 radical (unpaired) electrons. The highest BCUT2D eigenvalue weighted by molar-refractivity contribution is 7.99. The zero-order valence-corrected chi connectivity index (χ0v) is 12.6. The summed E-state index contributed by atoms with van der Waals surface area (Å²) in [5, 5.41) is 4.87. The lowest BCUT2D eigenvalue weighted by atomic mass is 10.1. The summed E-state index contributed by atoms with van der Waals surface area (Å²) >= 11 is 1.47. The molecule has 108 valence electrons. The Kier molecular flexibility index (Phi) is 3.75. The monoisotopic (exact) mass is 301 g/mol. The third-order valence-electron chi connectivity index (χ3n) is 3.25. The van der Waals surface area contributed by atoms with Crippen molar-refractivity contribution in [2.75, 3.05) is 24.4 Å². The molecule has 0 aliphatic carbocycles. The molecule has 0 spiro atoms. The molecule has 0 aliphatic heterocycles. The first-order valence-electron chi connectivity index (χ1n) is 6.51. The number of benzene rings is 2. The van der Waals surface area contributed by atoms with Gasteiger partial charge in [-0.3, -0.25) is 4.79 Å². The normalized spacial score (nSPS) is 11.0. The highest BCUT2D eigenvalue weighted by atomic mass is 32.2. The van der Waals surface area contributed by atoms with Crippen molar-refractivity contribution in [1.29, 1.82) is 0 Å². The van der Waals surface area contributed by atoms with Crippen molar-refractivity contribution in [2.45, 2.75) is 0 Å². The zero-order chi connectivity index (χ0) is 14.8. The molecule has 4 nitrogen and oxygen atoms in total. The number of rotatable bonds is 4. The van der Waals surface area contributed by atoms with Gasteiger partial charge in [0.05, 0.1) is 18.6 Å². The maximum Gasteiger partial charge on any atom is 0.234 e. The maximum absolute atomic E-state index is 11.8. The number of furan rings is 1. The lowest BCUT2D eigenvalue weighted by molar-refractivity contribution is -0.113. The van der Waals surface area contributed by atoms with Gasteiger partial charge < -0.3 is 14.5 Å². The lowest BCUT2D eigenvalue weighted by Crippen LogP contribution is -2.14. The van der Waals surface area contributed by atoms with Crippen LogP contribution in [0, 0.1) is 0 Å². The largest absolute Gasteiger partial charge is 0.495 e. The Morgan fingerprint density at radius 1 is 1.24 bits per heavy atom. The van der Waals surface area contributed by atoms with Crippen LogP contribution in [0.15, 0.2) is 40.8 Å². The maximum atomic E-state index is 11.8. The van der Waals surface area contributed by atoms with Crippen molar-refractivity contribution in [3.63, 3.8) is 0 Å². The van der Waals surface area contributed by atoms with Crippen molar-refractivity contribution in [3.05, 3.63) is 36.4 Å². The predicted molar refractivity (Wildman–Crippen MR) is 87.3 cm³/mol. The smallest absolute Gasteiger partial charge is 0.234 e. The number of carbonyl (C=O) groups excluding carboxylic acids is 1. The summed E-state index contributed by atoms with van der Waals surface area (Å²) in [7, 11) is 1.59. The number of nitrogens with one attached hydrogen (secondary N) is 1. The van der Waals surface area contributed by atoms with Crippen LogP contribution in [0.25, 0.3) is 21.9 Å². The molecule has 0 bridgehead atoms. The molecular weight excluding hydrogens is 286 g/mol. The third-order valence-corrected chi connectivity index (χ3v) is 3.80. The van der Waals surface area contributed by atoms with Crippen LogP contribution < -0.4 is 10.1 Å². The second kappa shape index (κ2) is 5.69. The number of fused-ring (bicyclic) bond motifs is 3. The van der Waals surface area contributed by atoms with Crippen LogP contribution in [-0.2, 0) is 4.79 Å². The van der Waals surface area contributed by atoms with E-state index in [0.29, 0.717) is 17.2 Å². The molecule has 0 atom stereocenters. The molecule has 0 fully saturated rings. The number of hydrogen-bond acceptors (Lipinski definition) is 4. The summed E-state index contributed by atoms with van der Waals surface area (Å²) in [4.78, 5) is 11.8. The molecule has 2 aromatic carbocycles. The highest BCUT2D eigenvalue weighted by Gasteiger charge is 2.13. The Balaban J connectivity index is 2.12. The van der Waals surface area contributed by atoms with E-state index in [-0.39, 0.29) is 5.91 Å². The molecule has 0 saturated heterocycles. The standard InChI is InChI=1S/C16H15NO3S/c1-19-15-7-11-10-5-3-4-6-13(10)20-14(11)8-12(15)17-16(18)9-21-2/h3-8H,9H2,1-2H3,(H,17,18). The van der Waals surface area contributed by atoms with Gasteiger partial charge >= 0.3 is 0 Å². The molecule has 5 heteroatoms. The summed E-state index contributed by atoms with van der Waals surface area (Å²) in [6, 6.07) is 11.5. The van der Waals surface area contributed by atoms with Gasteiger partial charge in [-0.15, -0.1) is 0 Å². The summed E-state index contributed by atoms with van der Waals surface area (Å²) in [5.41, 5.74) is 2.18. The van der Waals surface area contributed by atoms with Crippen LogP contribution in [0.5, 0.6) is 5.75 Å². The van der Waals surface area contributed by atoms with E-state index in [9.17, 15) is 4.79 Å². The van der Waals surface area contributed by atoms with E-state index in [0.717, 1.165) is 21.9 Å². The van der Waals surface area contributed by atoms with E-state index in [1.165, 1.54) is 11.8 Å². The van der Waals surface area contributed by atoms with Crippen molar-refractivity contribution in [3.8, 4) is 5.75 Å². The van der Waals surface area contributed by atoms with E-state index in [4.69, 9.17) is 9.15 Å². The molecule has 0 unspecified atom stereocenters. The van der Waals surface area contributed by atoms with Gasteiger partial charge in [0, 0.05) is 16.8 Å². The predicted octanol–water partition coefficient (Wildman–Crippen LogP) is 3.90. The molecular formula is C16H15NO3S. The fourth-order valence-corrected chi connectivity index (χ4v) is 2.67. The minimum atomic E-state index is -0.0590.